The van der Waals surface area contributed by atoms with Crippen LogP contribution in [0.2, 0.25) is 0 Å². The highest BCUT2D eigenvalue weighted by Gasteiger charge is 2.31. The molecule has 4 heterocycles. The molecule has 13 nitrogen and oxygen atoms in total. The number of anilines is 2. The van der Waals surface area contributed by atoms with Crippen LogP contribution in [0.25, 0.3) is 22.5 Å². The highest BCUT2D eigenvalue weighted by molar-refractivity contribution is 6.03. The molecule has 0 atom stereocenters. The van der Waals surface area contributed by atoms with Crippen molar-refractivity contribution in [3.05, 3.63) is 144 Å². The van der Waals surface area contributed by atoms with E-state index in [-0.39, 0.29) is 17.1 Å². The summed E-state index contributed by atoms with van der Waals surface area (Å²) in [7, 11) is 0. The van der Waals surface area contributed by atoms with Gasteiger partial charge in [-0.2, -0.15) is 36.5 Å². The van der Waals surface area contributed by atoms with Crippen molar-refractivity contribution in [3.63, 3.8) is 0 Å². The fraction of sp³-hybridized carbons (Fsp3) is 0.333. The minimum Gasteiger partial charge on any atom is -0.477 e. The number of rotatable bonds is 13. The highest BCUT2D eigenvalue weighted by atomic mass is 19.4. The van der Waals surface area contributed by atoms with E-state index in [1.165, 1.54) is 24.3 Å². The number of carboxylic acid groups (broad SMARTS) is 1. The van der Waals surface area contributed by atoms with Gasteiger partial charge in [0, 0.05) is 74.9 Å². The maximum atomic E-state index is 13.0. The van der Waals surface area contributed by atoms with Crippen LogP contribution in [-0.4, -0.2) is 112 Å². The van der Waals surface area contributed by atoms with Crippen LogP contribution in [-0.2, 0) is 34.9 Å². The quantitative estimate of drug-likeness (QED) is 0.0757. The van der Waals surface area contributed by atoms with Gasteiger partial charge in [0.2, 0.25) is 0 Å². The summed E-state index contributed by atoms with van der Waals surface area (Å²) < 4.78 is 88.8. The largest absolute Gasteiger partial charge is 0.477 e. The number of amides is 1. The molecule has 2 fully saturated rings. The van der Waals surface area contributed by atoms with E-state index >= 15 is 0 Å². The normalized spacial score (nSPS) is 14.6. The minimum atomic E-state index is -4.48. The lowest BCUT2D eigenvalue weighted by Gasteiger charge is -2.26. The Morgan fingerprint density at radius 3 is 1.48 bits per heavy atom. The summed E-state index contributed by atoms with van der Waals surface area (Å²) in [4.78, 5) is 29.1. The van der Waals surface area contributed by atoms with E-state index in [1.807, 2.05) is 60.7 Å². The van der Waals surface area contributed by atoms with E-state index < -0.39 is 35.4 Å². The van der Waals surface area contributed by atoms with Gasteiger partial charge in [0.05, 0.1) is 48.9 Å². The van der Waals surface area contributed by atoms with Crippen molar-refractivity contribution in [1.29, 1.82) is 0 Å². The van der Waals surface area contributed by atoms with Gasteiger partial charge in [-0.15, -0.1) is 0 Å². The van der Waals surface area contributed by atoms with Gasteiger partial charge in [-0.1, -0.05) is 72.8 Å². The van der Waals surface area contributed by atoms with E-state index in [0.29, 0.717) is 43.4 Å². The lowest BCUT2D eigenvalue weighted by Crippen LogP contribution is -2.37. The molecule has 8 rings (SSSR count). The molecule has 2 saturated heterocycles. The number of nitrogens with zero attached hydrogens (tertiary/aromatic N) is 6. The van der Waals surface area contributed by atoms with Crippen molar-refractivity contribution in [2.45, 2.75) is 38.3 Å². The Labute approximate surface area is 383 Å². The van der Waals surface area contributed by atoms with Crippen LogP contribution in [0.5, 0.6) is 0 Å². The zero-order valence-electron chi connectivity index (χ0n) is 36.6. The van der Waals surface area contributed by atoms with Gasteiger partial charge in [0.1, 0.15) is 11.4 Å². The number of nitrogen functional groups attached to an aromatic ring is 1. The molecule has 0 saturated carbocycles. The van der Waals surface area contributed by atoms with Crippen LogP contribution < -0.4 is 11.1 Å². The Balaban J connectivity index is 0.000000188. The number of carbonyl (C=O) groups is 2. The van der Waals surface area contributed by atoms with Crippen molar-refractivity contribution >= 4 is 23.3 Å². The topological polar surface area (TPSA) is 153 Å². The number of hydrogen-bond acceptors (Lipinski definition) is 9. The van der Waals surface area contributed by atoms with Crippen molar-refractivity contribution in [1.82, 2.24) is 29.4 Å². The van der Waals surface area contributed by atoms with Gasteiger partial charge in [0.25, 0.3) is 5.91 Å². The second-order valence-corrected chi connectivity index (χ2v) is 15.6. The monoisotopic (exact) mass is 934 g/mol. The summed E-state index contributed by atoms with van der Waals surface area (Å²) in [5.74, 6) is -1.44. The summed E-state index contributed by atoms with van der Waals surface area (Å²) >= 11 is 0. The molecule has 4 N–H and O–H groups in total. The van der Waals surface area contributed by atoms with Crippen LogP contribution in [0.15, 0.2) is 121 Å². The Hall–Kier alpha value is -6.54. The fourth-order valence-electron chi connectivity index (χ4n) is 7.25. The van der Waals surface area contributed by atoms with Gasteiger partial charge in [-0.25, -0.2) is 4.79 Å². The number of nitrogens with two attached hydrogens (primary N) is 1. The molecule has 1 amide bonds. The van der Waals surface area contributed by atoms with Crippen LogP contribution >= 0.6 is 0 Å². The Morgan fingerprint density at radius 1 is 0.582 bits per heavy atom. The third-order valence-corrected chi connectivity index (χ3v) is 10.7. The summed E-state index contributed by atoms with van der Waals surface area (Å²) in [6.07, 6.45) is -7.13. The van der Waals surface area contributed by atoms with E-state index in [4.69, 9.17) is 15.2 Å². The average molecular weight is 935 g/mol. The summed E-state index contributed by atoms with van der Waals surface area (Å²) in [6, 6.07) is 31.6. The summed E-state index contributed by atoms with van der Waals surface area (Å²) in [5.41, 5.74) is 7.51. The first-order valence-corrected chi connectivity index (χ1v) is 21.7. The molecule has 0 spiro atoms. The Kier molecular flexibility index (Phi) is 17.7. The zero-order chi connectivity index (χ0) is 47.8. The van der Waals surface area contributed by atoms with Gasteiger partial charge in [-0.05, 0) is 61.4 Å². The minimum absolute atomic E-state index is 0.0807. The van der Waals surface area contributed by atoms with Crippen molar-refractivity contribution in [2.75, 3.05) is 76.7 Å². The smallest absolute Gasteiger partial charge is 0.416 e. The molecule has 4 aromatic carbocycles. The second-order valence-electron chi connectivity index (χ2n) is 15.6. The maximum Gasteiger partial charge on any atom is 0.416 e. The zero-order valence-corrected chi connectivity index (χ0v) is 36.6. The highest BCUT2D eigenvalue weighted by Crippen LogP contribution is 2.32. The number of halogens is 6. The molecular formula is C48H52F6N8O5. The first-order chi connectivity index (χ1) is 32.1. The maximum absolute atomic E-state index is 13.0. The third kappa shape index (κ3) is 15.3. The van der Waals surface area contributed by atoms with Gasteiger partial charge < -0.3 is 25.6 Å². The number of carbonyl (C=O) groups excluding carboxylic acids is 1. The van der Waals surface area contributed by atoms with Crippen molar-refractivity contribution in [3.8, 4) is 22.5 Å². The van der Waals surface area contributed by atoms with Crippen LogP contribution in [0, 0.1) is 0 Å². The average Bonchev–Trinajstić information content (AvgIpc) is 3.96. The molecule has 0 unspecified atom stereocenters. The molecule has 6 aromatic rings. The number of alkyl halides is 6. The first-order valence-electron chi connectivity index (χ1n) is 21.7. The number of benzene rings is 4. The Bertz CT molecular complexity index is 2490. The van der Waals surface area contributed by atoms with Crippen LogP contribution in [0.1, 0.15) is 44.9 Å². The summed E-state index contributed by atoms with van der Waals surface area (Å²) in [5, 5.41) is 21.1. The second kappa shape index (κ2) is 23.8. The van der Waals surface area contributed by atoms with Gasteiger partial charge >= 0.3 is 18.3 Å². The molecule has 2 aromatic heterocycles. The van der Waals surface area contributed by atoms with Crippen LogP contribution in [0.4, 0.5) is 37.7 Å². The number of hydrogen-bond donors (Lipinski definition) is 3. The van der Waals surface area contributed by atoms with Crippen molar-refractivity contribution < 1.29 is 50.5 Å². The predicted molar refractivity (Wildman–Crippen MR) is 241 cm³/mol. The van der Waals surface area contributed by atoms with Crippen LogP contribution in [0.3, 0.4) is 0 Å². The number of nitrogens with one attached hydrogen (secondary N) is 1. The number of aromatic carboxylic acids is 1. The molecule has 2 aliphatic rings. The lowest BCUT2D eigenvalue weighted by atomic mass is 10.1. The molecule has 67 heavy (non-hydrogen) atoms. The first kappa shape index (κ1) is 49.9. The van der Waals surface area contributed by atoms with Crippen molar-refractivity contribution in [2.24, 2.45) is 0 Å². The standard InChI is InChI=1S/C24H25F3N4O2.C17H21N3O3.C7H6F3N/c25-24(26,27)19-8-4-9-20(16-19)28-23(32)22-17-21(18-6-2-1-3-7-18)29-31(22)11-5-10-30-12-14-33-15-13-30;21-17(22)16-13-15(14-5-2-1-3-6-14)18-20(16)8-4-7-19-9-11-23-12-10-19;8-7(9,10)5-2-1-3-6(11)4-5/h1-4,6-9,16-17H,5,10-15H2,(H,28,32);1-3,5-6,13H,4,7-12H2,(H,21,22);1-4H,11H2. The van der Waals surface area contributed by atoms with E-state index in [1.54, 1.807) is 21.5 Å². The number of aryl methyl sites for hydroxylation is 2. The Morgan fingerprint density at radius 2 is 1.03 bits per heavy atom. The number of ether oxygens (including phenoxy) is 2. The lowest BCUT2D eigenvalue weighted by molar-refractivity contribution is -0.138. The van der Waals surface area contributed by atoms with E-state index in [9.17, 15) is 41.0 Å². The number of morpholine rings is 2. The third-order valence-electron chi connectivity index (χ3n) is 10.7. The molecular weight excluding hydrogens is 883 g/mol. The molecule has 356 valence electrons. The predicted octanol–water partition coefficient (Wildman–Crippen LogP) is 8.80. The molecule has 0 aliphatic carbocycles. The van der Waals surface area contributed by atoms with Gasteiger partial charge in [0.15, 0.2) is 0 Å². The molecule has 0 bridgehead atoms. The molecule has 2 aliphatic heterocycles. The number of aromatic nitrogens is 4. The molecule has 19 heteroatoms. The SMILES string of the molecule is Nc1cccc(C(F)(F)F)c1.O=C(Nc1cccc(C(F)(F)F)c1)c1cc(-c2ccccc2)nn1CCCN1CCOCC1.O=C(O)c1cc(-c2ccccc2)nn1CCCN1CCOCC1. The fourth-order valence-corrected chi connectivity index (χ4v) is 7.25. The summed E-state index contributed by atoms with van der Waals surface area (Å²) in [6.45, 7) is 9.51. The number of carboxylic acids is 1. The van der Waals surface area contributed by atoms with Gasteiger partial charge in [-0.3, -0.25) is 24.0 Å². The van der Waals surface area contributed by atoms with E-state index in [2.05, 4.69) is 25.3 Å². The van der Waals surface area contributed by atoms with E-state index in [0.717, 1.165) is 101 Å². The molecule has 0 radical (unpaired) electrons.